The van der Waals surface area contributed by atoms with Crippen LogP contribution in [0.15, 0.2) is 12.4 Å². The molecule has 3 amide bonds. The van der Waals surface area contributed by atoms with E-state index in [1.54, 1.807) is 30.9 Å². The van der Waals surface area contributed by atoms with Crippen molar-refractivity contribution in [2.75, 3.05) is 26.2 Å². The molecular formula is C16H25N5O4. The zero-order valence-corrected chi connectivity index (χ0v) is 14.8. The molecule has 2 N–H and O–H groups in total. The number of nitrogens with zero attached hydrogens (tertiary/aromatic N) is 4. The van der Waals surface area contributed by atoms with Crippen molar-refractivity contribution in [2.45, 2.75) is 45.1 Å². The summed E-state index contributed by atoms with van der Waals surface area (Å²) < 4.78 is 7.57. The summed E-state index contributed by atoms with van der Waals surface area (Å²) in [5.74, 6) is 0.403. The second-order valence-corrected chi connectivity index (χ2v) is 7.03. The number of rotatable bonds is 6. The van der Waals surface area contributed by atoms with Crippen LogP contribution < -0.4 is 10.1 Å². The van der Waals surface area contributed by atoms with Crippen molar-refractivity contribution in [3.05, 3.63) is 12.4 Å². The second-order valence-electron chi connectivity index (χ2n) is 7.03. The summed E-state index contributed by atoms with van der Waals surface area (Å²) in [4.78, 5) is 27.3. The summed E-state index contributed by atoms with van der Waals surface area (Å²) in [6.45, 7) is 7.89. The lowest BCUT2D eigenvalue weighted by Crippen LogP contribution is -2.41. The molecule has 3 rings (SSSR count). The highest BCUT2D eigenvalue weighted by atomic mass is 16.5. The predicted octanol–water partition coefficient (Wildman–Crippen LogP) is -0.343. The molecule has 2 aliphatic heterocycles. The van der Waals surface area contributed by atoms with Gasteiger partial charge in [-0.15, -0.1) is 0 Å². The van der Waals surface area contributed by atoms with Gasteiger partial charge in [0.25, 0.3) is 5.91 Å². The molecule has 1 aromatic heterocycles. The van der Waals surface area contributed by atoms with Crippen molar-refractivity contribution in [1.82, 2.24) is 24.9 Å². The van der Waals surface area contributed by atoms with E-state index in [0.717, 1.165) is 6.54 Å². The van der Waals surface area contributed by atoms with Gasteiger partial charge in [-0.1, -0.05) is 0 Å². The molecule has 3 heterocycles. The van der Waals surface area contributed by atoms with Crippen LogP contribution in [0.25, 0.3) is 0 Å². The molecule has 2 fully saturated rings. The minimum absolute atomic E-state index is 0.225. The van der Waals surface area contributed by atoms with Crippen molar-refractivity contribution in [2.24, 2.45) is 0 Å². The molecule has 25 heavy (non-hydrogen) atoms. The molecule has 2 atom stereocenters. The zero-order chi connectivity index (χ0) is 18.2. The first-order valence-corrected chi connectivity index (χ1v) is 8.54. The van der Waals surface area contributed by atoms with Gasteiger partial charge in [-0.25, -0.2) is 4.79 Å². The smallest absolute Gasteiger partial charge is 0.325 e. The lowest BCUT2D eigenvalue weighted by molar-refractivity contribution is -0.130. The summed E-state index contributed by atoms with van der Waals surface area (Å²) in [7, 11) is 0. The number of urea groups is 1. The van der Waals surface area contributed by atoms with Crippen LogP contribution in [0.5, 0.6) is 5.75 Å². The number of aliphatic hydroxyl groups is 1. The number of hydrogen-bond donors (Lipinski definition) is 2. The van der Waals surface area contributed by atoms with Crippen LogP contribution >= 0.6 is 0 Å². The number of amides is 3. The molecule has 2 saturated heterocycles. The number of nitrogens with one attached hydrogen (secondary N) is 1. The number of carbonyl (C=O) groups is 2. The summed E-state index contributed by atoms with van der Waals surface area (Å²) in [6.07, 6.45) is 2.46. The maximum absolute atomic E-state index is 12.2. The van der Waals surface area contributed by atoms with Crippen LogP contribution in [-0.2, 0) is 11.3 Å². The van der Waals surface area contributed by atoms with Crippen LogP contribution in [0, 0.1) is 0 Å². The lowest BCUT2D eigenvalue weighted by atomic mass is 10.1. The van der Waals surface area contributed by atoms with Crippen LogP contribution in [-0.4, -0.2) is 80.6 Å². The minimum Gasteiger partial charge on any atom is -0.483 e. The van der Waals surface area contributed by atoms with Gasteiger partial charge >= 0.3 is 6.03 Å². The van der Waals surface area contributed by atoms with E-state index < -0.39 is 11.6 Å². The van der Waals surface area contributed by atoms with Crippen molar-refractivity contribution >= 4 is 11.9 Å². The Kier molecular flexibility index (Phi) is 4.70. The SMILES string of the molecule is CCn1cc(O[C@@H]2CN(CCN3C(=O)NC(C)(C)C3=O)C[C@H]2O)cn1. The number of likely N-dealkylation sites (tertiary alicyclic amines) is 1. The van der Waals surface area contributed by atoms with Gasteiger partial charge in [0.1, 0.15) is 17.7 Å². The van der Waals surface area contributed by atoms with E-state index in [4.69, 9.17) is 4.74 Å². The van der Waals surface area contributed by atoms with Gasteiger partial charge in [-0.2, -0.15) is 5.10 Å². The molecule has 2 aliphatic rings. The van der Waals surface area contributed by atoms with E-state index in [1.807, 2.05) is 11.8 Å². The third-order valence-corrected chi connectivity index (χ3v) is 4.62. The van der Waals surface area contributed by atoms with Crippen molar-refractivity contribution in [3.63, 3.8) is 0 Å². The number of ether oxygens (including phenoxy) is 1. The maximum atomic E-state index is 12.2. The molecular weight excluding hydrogens is 326 g/mol. The molecule has 0 spiro atoms. The standard InChI is InChI=1S/C16H25N5O4/c1-4-20-8-11(7-17-20)25-13-10-19(9-12(13)22)5-6-21-14(23)16(2,3)18-15(21)24/h7-8,12-13,22H,4-6,9-10H2,1-3H3,(H,18,24)/t12-,13-/m1/s1. The quantitative estimate of drug-likeness (QED) is 0.680. The monoisotopic (exact) mass is 351 g/mol. The van der Waals surface area contributed by atoms with Gasteiger partial charge < -0.3 is 15.2 Å². The fourth-order valence-corrected chi connectivity index (χ4v) is 3.15. The molecule has 9 heteroatoms. The van der Waals surface area contributed by atoms with E-state index in [0.29, 0.717) is 31.9 Å². The second kappa shape index (κ2) is 6.64. The summed E-state index contributed by atoms with van der Waals surface area (Å²) in [5, 5.41) is 17.0. The van der Waals surface area contributed by atoms with E-state index >= 15 is 0 Å². The lowest BCUT2D eigenvalue weighted by Gasteiger charge is -2.20. The summed E-state index contributed by atoms with van der Waals surface area (Å²) in [6, 6.07) is -0.366. The Morgan fingerprint density at radius 2 is 2.12 bits per heavy atom. The number of carbonyl (C=O) groups excluding carboxylic acids is 2. The van der Waals surface area contributed by atoms with Gasteiger partial charge in [0.15, 0.2) is 5.75 Å². The van der Waals surface area contributed by atoms with Crippen LogP contribution in [0.3, 0.4) is 0 Å². The first-order valence-electron chi connectivity index (χ1n) is 8.54. The predicted molar refractivity (Wildman–Crippen MR) is 89.1 cm³/mol. The Bertz CT molecular complexity index is 659. The maximum Gasteiger partial charge on any atom is 0.325 e. The fourth-order valence-electron chi connectivity index (χ4n) is 3.15. The van der Waals surface area contributed by atoms with Crippen LogP contribution in [0.4, 0.5) is 4.79 Å². The van der Waals surface area contributed by atoms with Gasteiger partial charge in [-0.05, 0) is 20.8 Å². The van der Waals surface area contributed by atoms with Gasteiger partial charge in [0.05, 0.1) is 12.4 Å². The van der Waals surface area contributed by atoms with Crippen molar-refractivity contribution in [3.8, 4) is 5.75 Å². The summed E-state index contributed by atoms with van der Waals surface area (Å²) >= 11 is 0. The molecule has 9 nitrogen and oxygen atoms in total. The Morgan fingerprint density at radius 1 is 1.36 bits per heavy atom. The molecule has 0 unspecified atom stereocenters. The number of β-amino-alcohol motifs (C(OH)–C–C–N with tert-alkyl or cyclic N) is 1. The van der Waals surface area contributed by atoms with Crippen molar-refractivity contribution < 1.29 is 19.4 Å². The number of imide groups is 1. The number of aryl methyl sites for hydroxylation is 1. The first kappa shape index (κ1) is 17.7. The minimum atomic E-state index is -0.854. The highest BCUT2D eigenvalue weighted by molar-refractivity contribution is 6.06. The van der Waals surface area contributed by atoms with Gasteiger partial charge in [0.2, 0.25) is 0 Å². The molecule has 0 radical (unpaired) electrons. The average Bonchev–Trinajstić information content (AvgIpc) is 3.18. The topological polar surface area (TPSA) is 99.9 Å². The Balaban J connectivity index is 1.52. The van der Waals surface area contributed by atoms with Crippen molar-refractivity contribution in [1.29, 1.82) is 0 Å². The van der Waals surface area contributed by atoms with E-state index in [9.17, 15) is 14.7 Å². The molecule has 1 aromatic rings. The third-order valence-electron chi connectivity index (χ3n) is 4.62. The zero-order valence-electron chi connectivity index (χ0n) is 14.8. The molecule has 0 aliphatic carbocycles. The molecule has 0 aromatic carbocycles. The molecule has 0 saturated carbocycles. The normalized spacial score (nSPS) is 26.3. The largest absolute Gasteiger partial charge is 0.483 e. The third kappa shape index (κ3) is 3.62. The van der Waals surface area contributed by atoms with E-state index in [-0.39, 0.29) is 18.0 Å². The van der Waals surface area contributed by atoms with Gasteiger partial charge in [-0.3, -0.25) is 19.3 Å². The van der Waals surface area contributed by atoms with E-state index in [2.05, 4.69) is 10.4 Å². The number of aliphatic hydroxyl groups excluding tert-OH is 1. The summed E-state index contributed by atoms with van der Waals surface area (Å²) in [5.41, 5.74) is -0.854. The highest BCUT2D eigenvalue weighted by Crippen LogP contribution is 2.20. The van der Waals surface area contributed by atoms with Crippen LogP contribution in [0.1, 0.15) is 20.8 Å². The highest BCUT2D eigenvalue weighted by Gasteiger charge is 2.44. The number of aromatic nitrogens is 2. The molecule has 138 valence electrons. The van der Waals surface area contributed by atoms with E-state index in [1.165, 1.54) is 4.90 Å². The number of hydrogen-bond acceptors (Lipinski definition) is 6. The molecule has 0 bridgehead atoms. The Labute approximate surface area is 146 Å². The fraction of sp³-hybridized carbons (Fsp3) is 0.688. The Hall–Kier alpha value is -2.13. The Morgan fingerprint density at radius 3 is 2.72 bits per heavy atom. The first-order chi connectivity index (χ1) is 11.8. The van der Waals surface area contributed by atoms with Crippen LogP contribution in [0.2, 0.25) is 0 Å². The van der Waals surface area contributed by atoms with Gasteiger partial charge in [0, 0.05) is 32.7 Å². The average molecular weight is 351 g/mol.